The Morgan fingerprint density at radius 3 is 3.19 bits per heavy atom. The fourth-order valence-electron chi connectivity index (χ4n) is 2.67. The van der Waals surface area contributed by atoms with Crippen LogP contribution in [0.15, 0.2) is 18.2 Å². The summed E-state index contributed by atoms with van der Waals surface area (Å²) < 4.78 is 5.51. The van der Waals surface area contributed by atoms with Gasteiger partial charge in [0.15, 0.2) is 0 Å². The number of hydrogen-bond acceptors (Lipinski definition) is 3. The van der Waals surface area contributed by atoms with E-state index in [2.05, 4.69) is 23.5 Å². The third-order valence-electron chi connectivity index (χ3n) is 3.70. The van der Waals surface area contributed by atoms with Crippen LogP contribution in [-0.4, -0.2) is 19.7 Å². The summed E-state index contributed by atoms with van der Waals surface area (Å²) in [5, 5.41) is 3.37. The van der Waals surface area contributed by atoms with Crippen LogP contribution >= 0.6 is 0 Å². The predicted molar refractivity (Wildman–Crippen MR) is 63.5 cm³/mol. The van der Waals surface area contributed by atoms with Gasteiger partial charge in [0.1, 0.15) is 5.75 Å². The quantitative estimate of drug-likeness (QED) is 0.785. The van der Waals surface area contributed by atoms with Gasteiger partial charge in [-0.25, -0.2) is 0 Å². The van der Waals surface area contributed by atoms with Gasteiger partial charge >= 0.3 is 0 Å². The Balaban J connectivity index is 1.83. The number of nitrogens with two attached hydrogens (primary N) is 1. The highest BCUT2D eigenvalue weighted by molar-refractivity contribution is 5.40. The van der Waals surface area contributed by atoms with Crippen LogP contribution in [0.1, 0.15) is 23.6 Å². The molecule has 16 heavy (non-hydrogen) atoms. The van der Waals surface area contributed by atoms with Crippen LogP contribution in [0.4, 0.5) is 0 Å². The van der Waals surface area contributed by atoms with Crippen LogP contribution in [0.5, 0.6) is 5.75 Å². The Hall–Kier alpha value is -1.06. The van der Waals surface area contributed by atoms with Crippen LogP contribution < -0.4 is 15.8 Å². The summed E-state index contributed by atoms with van der Waals surface area (Å²) in [7, 11) is 0. The first-order chi connectivity index (χ1) is 7.84. The summed E-state index contributed by atoms with van der Waals surface area (Å²) in [5.41, 5.74) is 8.89. The normalized spacial score (nSPS) is 25.2. The van der Waals surface area contributed by atoms with Crippen LogP contribution in [0.25, 0.3) is 0 Å². The predicted octanol–water partition coefficient (Wildman–Crippen LogP) is 1.23. The van der Waals surface area contributed by atoms with Crippen molar-refractivity contribution in [1.82, 2.24) is 5.32 Å². The first kappa shape index (κ1) is 10.1. The molecule has 2 heterocycles. The van der Waals surface area contributed by atoms with Crippen LogP contribution in [-0.2, 0) is 6.42 Å². The number of nitrogens with one attached hydrogen (secondary N) is 1. The average Bonchev–Trinajstić information content (AvgIpc) is 2.98. The minimum absolute atomic E-state index is 0.167. The third kappa shape index (κ3) is 1.70. The maximum absolute atomic E-state index is 6.31. The minimum atomic E-state index is 0.167. The van der Waals surface area contributed by atoms with Gasteiger partial charge in [-0.05, 0) is 42.6 Å². The molecule has 2 unspecified atom stereocenters. The van der Waals surface area contributed by atoms with Gasteiger partial charge in [0.2, 0.25) is 0 Å². The van der Waals surface area contributed by atoms with E-state index in [1.165, 1.54) is 17.5 Å². The highest BCUT2D eigenvalue weighted by atomic mass is 16.5. The van der Waals surface area contributed by atoms with E-state index >= 15 is 0 Å². The summed E-state index contributed by atoms with van der Waals surface area (Å²) in [5.74, 6) is 1.63. The maximum atomic E-state index is 6.31. The van der Waals surface area contributed by atoms with Crippen LogP contribution in [0.3, 0.4) is 0 Å². The molecule has 2 atom stereocenters. The Morgan fingerprint density at radius 2 is 2.38 bits per heavy atom. The zero-order chi connectivity index (χ0) is 11.0. The van der Waals surface area contributed by atoms with E-state index in [4.69, 9.17) is 10.5 Å². The Kier molecular flexibility index (Phi) is 2.58. The average molecular weight is 218 g/mol. The monoisotopic (exact) mass is 218 g/mol. The summed E-state index contributed by atoms with van der Waals surface area (Å²) in [6.45, 7) is 2.97. The second kappa shape index (κ2) is 4.07. The molecule has 1 aromatic rings. The Bertz CT molecular complexity index is 386. The SMILES string of the molecule is NC(c1ccc2c(c1)CCO2)C1CCNC1. The van der Waals surface area contributed by atoms with Crippen molar-refractivity contribution in [2.24, 2.45) is 11.7 Å². The number of ether oxygens (including phenoxy) is 1. The summed E-state index contributed by atoms with van der Waals surface area (Å²) >= 11 is 0. The highest BCUT2D eigenvalue weighted by Gasteiger charge is 2.24. The van der Waals surface area contributed by atoms with E-state index in [1.807, 2.05) is 0 Å². The lowest BCUT2D eigenvalue weighted by Crippen LogP contribution is -2.23. The van der Waals surface area contributed by atoms with Crippen molar-refractivity contribution in [3.8, 4) is 5.75 Å². The molecular weight excluding hydrogens is 200 g/mol. The Labute approximate surface area is 96.0 Å². The molecule has 0 amide bonds. The molecular formula is C13H18N2O. The molecule has 3 nitrogen and oxygen atoms in total. The minimum Gasteiger partial charge on any atom is -0.493 e. The maximum Gasteiger partial charge on any atom is 0.122 e. The van der Waals surface area contributed by atoms with E-state index in [0.717, 1.165) is 31.9 Å². The van der Waals surface area contributed by atoms with Crippen LogP contribution in [0, 0.1) is 5.92 Å². The molecule has 1 saturated heterocycles. The molecule has 2 aliphatic heterocycles. The molecule has 1 fully saturated rings. The molecule has 1 aromatic carbocycles. The third-order valence-corrected chi connectivity index (χ3v) is 3.70. The van der Waals surface area contributed by atoms with Gasteiger partial charge in [0.05, 0.1) is 6.61 Å². The smallest absolute Gasteiger partial charge is 0.122 e. The van der Waals surface area contributed by atoms with Gasteiger partial charge in [0, 0.05) is 12.5 Å². The lowest BCUT2D eigenvalue weighted by Gasteiger charge is -2.19. The summed E-state index contributed by atoms with van der Waals surface area (Å²) in [6.07, 6.45) is 2.22. The standard InChI is InChI=1S/C13H18N2O/c14-13(11-3-5-15-8-11)10-1-2-12-9(7-10)4-6-16-12/h1-2,7,11,13,15H,3-6,8,14H2. The Morgan fingerprint density at radius 1 is 1.44 bits per heavy atom. The second-order valence-corrected chi connectivity index (χ2v) is 4.74. The van der Waals surface area contributed by atoms with E-state index < -0.39 is 0 Å². The van der Waals surface area contributed by atoms with Gasteiger partial charge in [-0.1, -0.05) is 12.1 Å². The van der Waals surface area contributed by atoms with E-state index in [1.54, 1.807) is 0 Å². The highest BCUT2D eigenvalue weighted by Crippen LogP contribution is 2.31. The van der Waals surface area contributed by atoms with Crippen molar-refractivity contribution in [3.05, 3.63) is 29.3 Å². The molecule has 0 spiro atoms. The van der Waals surface area contributed by atoms with Gasteiger partial charge < -0.3 is 15.8 Å². The largest absolute Gasteiger partial charge is 0.493 e. The number of rotatable bonds is 2. The van der Waals surface area contributed by atoms with Crippen molar-refractivity contribution in [2.75, 3.05) is 19.7 Å². The van der Waals surface area contributed by atoms with E-state index in [-0.39, 0.29) is 6.04 Å². The summed E-state index contributed by atoms with van der Waals surface area (Å²) in [4.78, 5) is 0. The first-order valence-corrected chi connectivity index (χ1v) is 6.06. The van der Waals surface area contributed by atoms with Gasteiger partial charge in [0.25, 0.3) is 0 Å². The molecule has 0 radical (unpaired) electrons. The number of fused-ring (bicyclic) bond motifs is 1. The topological polar surface area (TPSA) is 47.3 Å². The zero-order valence-electron chi connectivity index (χ0n) is 9.41. The lowest BCUT2D eigenvalue weighted by molar-refractivity contribution is 0.356. The fourth-order valence-corrected chi connectivity index (χ4v) is 2.67. The zero-order valence-corrected chi connectivity index (χ0v) is 9.41. The molecule has 3 N–H and O–H groups in total. The van der Waals surface area contributed by atoms with E-state index in [9.17, 15) is 0 Å². The summed E-state index contributed by atoms with van der Waals surface area (Å²) in [6, 6.07) is 6.58. The molecule has 3 heteroatoms. The van der Waals surface area contributed by atoms with Crippen molar-refractivity contribution >= 4 is 0 Å². The van der Waals surface area contributed by atoms with Crippen LogP contribution in [0.2, 0.25) is 0 Å². The molecule has 0 bridgehead atoms. The molecule has 86 valence electrons. The van der Waals surface area contributed by atoms with Gasteiger partial charge in [-0.2, -0.15) is 0 Å². The molecule has 0 aliphatic carbocycles. The molecule has 0 aromatic heterocycles. The number of benzene rings is 1. The van der Waals surface area contributed by atoms with E-state index in [0.29, 0.717) is 5.92 Å². The van der Waals surface area contributed by atoms with Gasteiger partial charge in [-0.15, -0.1) is 0 Å². The molecule has 2 aliphatic rings. The lowest BCUT2D eigenvalue weighted by atomic mass is 9.92. The van der Waals surface area contributed by atoms with Crippen molar-refractivity contribution in [2.45, 2.75) is 18.9 Å². The second-order valence-electron chi connectivity index (χ2n) is 4.74. The molecule has 3 rings (SSSR count). The van der Waals surface area contributed by atoms with Crippen molar-refractivity contribution in [3.63, 3.8) is 0 Å². The van der Waals surface area contributed by atoms with Gasteiger partial charge in [-0.3, -0.25) is 0 Å². The first-order valence-electron chi connectivity index (χ1n) is 6.06. The number of hydrogen-bond donors (Lipinski definition) is 2. The van der Waals surface area contributed by atoms with Crippen molar-refractivity contribution in [1.29, 1.82) is 0 Å². The van der Waals surface area contributed by atoms with Crippen molar-refractivity contribution < 1.29 is 4.74 Å². The fraction of sp³-hybridized carbons (Fsp3) is 0.538. The molecule has 0 saturated carbocycles.